The van der Waals surface area contributed by atoms with Gasteiger partial charge in [-0.2, -0.15) is 4.98 Å². The van der Waals surface area contributed by atoms with Crippen molar-refractivity contribution < 1.29 is 23.9 Å². The van der Waals surface area contributed by atoms with Crippen molar-refractivity contribution in [2.45, 2.75) is 26.5 Å². The lowest BCUT2D eigenvalue weighted by atomic mass is 10.1. The van der Waals surface area contributed by atoms with Crippen LogP contribution >= 0.6 is 11.6 Å². The molecule has 164 valence electrons. The standard InChI is InChI=1S/C22H19ClN4O5/c1-13(2)30-18-8-7-16(11-17(18)23)21-24-20(26-32-21)15-5-3-14(4-6-15)12-27-10-9-19(25-27)31-22(28)29/h3-11,13H,12H2,1-2H3,(H,28,29). The smallest absolute Gasteiger partial charge is 0.489 e. The molecular weight excluding hydrogens is 436 g/mol. The molecule has 0 saturated heterocycles. The molecular formula is C22H19ClN4O5. The molecule has 10 heteroatoms. The minimum absolute atomic E-state index is 0.0183. The fraction of sp³-hybridized carbons (Fsp3) is 0.182. The van der Waals surface area contributed by atoms with Crippen molar-refractivity contribution in [1.82, 2.24) is 19.9 Å². The lowest BCUT2D eigenvalue weighted by Gasteiger charge is -2.11. The van der Waals surface area contributed by atoms with Crippen LogP contribution in [-0.2, 0) is 6.54 Å². The van der Waals surface area contributed by atoms with Crippen LogP contribution in [-0.4, -0.2) is 37.3 Å². The molecule has 1 N–H and O–H groups in total. The van der Waals surface area contributed by atoms with Crippen LogP contribution in [0.25, 0.3) is 22.8 Å². The van der Waals surface area contributed by atoms with Crippen LogP contribution in [0.5, 0.6) is 11.6 Å². The molecule has 0 aliphatic heterocycles. The molecule has 0 radical (unpaired) electrons. The predicted molar refractivity (Wildman–Crippen MR) is 116 cm³/mol. The quantitative estimate of drug-likeness (QED) is 0.381. The normalized spacial score (nSPS) is 11.0. The minimum Gasteiger partial charge on any atom is -0.489 e. The van der Waals surface area contributed by atoms with Gasteiger partial charge in [-0.15, -0.1) is 5.10 Å². The highest BCUT2D eigenvalue weighted by Gasteiger charge is 2.13. The van der Waals surface area contributed by atoms with Crippen LogP contribution in [0.3, 0.4) is 0 Å². The molecule has 0 aliphatic rings. The van der Waals surface area contributed by atoms with Crippen molar-refractivity contribution in [2.24, 2.45) is 0 Å². The first kappa shape index (κ1) is 21.4. The third-order valence-electron chi connectivity index (χ3n) is 4.33. The van der Waals surface area contributed by atoms with E-state index in [1.54, 1.807) is 23.0 Å². The summed E-state index contributed by atoms with van der Waals surface area (Å²) in [4.78, 5) is 15.0. The second kappa shape index (κ2) is 9.11. The lowest BCUT2D eigenvalue weighted by molar-refractivity contribution is 0.142. The van der Waals surface area contributed by atoms with E-state index in [0.29, 0.717) is 34.6 Å². The summed E-state index contributed by atoms with van der Waals surface area (Å²) in [6.45, 7) is 4.31. The van der Waals surface area contributed by atoms with Crippen LogP contribution in [0.15, 0.2) is 59.3 Å². The van der Waals surface area contributed by atoms with Crippen LogP contribution < -0.4 is 9.47 Å². The number of carboxylic acid groups (broad SMARTS) is 1. The van der Waals surface area contributed by atoms with E-state index in [-0.39, 0.29) is 12.0 Å². The molecule has 0 atom stereocenters. The van der Waals surface area contributed by atoms with Crippen molar-refractivity contribution in [1.29, 1.82) is 0 Å². The van der Waals surface area contributed by atoms with Gasteiger partial charge in [-0.1, -0.05) is 41.0 Å². The summed E-state index contributed by atoms with van der Waals surface area (Å²) in [5.41, 5.74) is 2.43. The molecule has 0 fully saturated rings. The Morgan fingerprint density at radius 3 is 2.59 bits per heavy atom. The van der Waals surface area contributed by atoms with Crippen molar-refractivity contribution in [2.75, 3.05) is 0 Å². The summed E-state index contributed by atoms with van der Waals surface area (Å²) < 4.78 is 17.2. The van der Waals surface area contributed by atoms with Gasteiger partial charge in [-0.3, -0.25) is 4.68 Å². The van der Waals surface area contributed by atoms with E-state index in [2.05, 4.69) is 20.0 Å². The largest absolute Gasteiger partial charge is 0.512 e. The lowest BCUT2D eigenvalue weighted by Crippen LogP contribution is -2.05. The zero-order chi connectivity index (χ0) is 22.7. The molecule has 4 rings (SSSR count). The van der Waals surface area contributed by atoms with Gasteiger partial charge in [0.15, 0.2) is 0 Å². The topological polar surface area (TPSA) is 112 Å². The van der Waals surface area contributed by atoms with Gasteiger partial charge in [-0.25, -0.2) is 4.79 Å². The molecule has 2 aromatic heterocycles. The van der Waals surface area contributed by atoms with Gasteiger partial charge in [0.05, 0.1) is 17.7 Å². The average molecular weight is 455 g/mol. The van der Waals surface area contributed by atoms with Crippen molar-refractivity contribution in [3.8, 4) is 34.5 Å². The molecule has 9 nitrogen and oxygen atoms in total. The van der Waals surface area contributed by atoms with Gasteiger partial charge in [0, 0.05) is 23.4 Å². The monoisotopic (exact) mass is 454 g/mol. The summed E-state index contributed by atoms with van der Waals surface area (Å²) >= 11 is 6.30. The zero-order valence-electron chi connectivity index (χ0n) is 17.2. The number of aromatic nitrogens is 4. The van der Waals surface area contributed by atoms with Crippen LogP contribution in [0, 0.1) is 0 Å². The number of hydrogen-bond donors (Lipinski definition) is 1. The summed E-state index contributed by atoms with van der Waals surface area (Å²) in [6.07, 6.45) is 0.256. The number of halogens is 1. The molecule has 4 aromatic rings. The molecule has 32 heavy (non-hydrogen) atoms. The average Bonchev–Trinajstić information content (AvgIpc) is 3.39. The summed E-state index contributed by atoms with van der Waals surface area (Å²) in [6, 6.07) is 14.3. The van der Waals surface area contributed by atoms with E-state index >= 15 is 0 Å². The molecule has 0 aliphatic carbocycles. The predicted octanol–water partition coefficient (Wildman–Crippen LogP) is 5.15. The van der Waals surface area contributed by atoms with Crippen LogP contribution in [0.1, 0.15) is 19.4 Å². The zero-order valence-corrected chi connectivity index (χ0v) is 18.0. The Labute approximate surface area is 188 Å². The van der Waals surface area contributed by atoms with Gasteiger partial charge in [0.1, 0.15) is 5.75 Å². The second-order valence-corrected chi connectivity index (χ2v) is 7.56. The number of benzene rings is 2. The Morgan fingerprint density at radius 2 is 1.91 bits per heavy atom. The maximum Gasteiger partial charge on any atom is 0.512 e. The van der Waals surface area contributed by atoms with Crippen LogP contribution in [0.2, 0.25) is 5.02 Å². The van der Waals surface area contributed by atoms with Gasteiger partial charge in [0.25, 0.3) is 5.89 Å². The third-order valence-corrected chi connectivity index (χ3v) is 4.63. The highest BCUT2D eigenvalue weighted by molar-refractivity contribution is 6.32. The van der Waals surface area contributed by atoms with Crippen molar-refractivity contribution >= 4 is 17.8 Å². The molecule has 0 saturated carbocycles. The summed E-state index contributed by atoms with van der Waals surface area (Å²) in [5.74, 6) is 1.42. The van der Waals surface area contributed by atoms with Gasteiger partial charge < -0.3 is 19.1 Å². The van der Waals surface area contributed by atoms with E-state index in [1.807, 2.05) is 44.2 Å². The number of rotatable bonds is 7. The number of hydrogen-bond acceptors (Lipinski definition) is 7. The van der Waals surface area contributed by atoms with E-state index in [9.17, 15) is 4.79 Å². The minimum atomic E-state index is -1.40. The van der Waals surface area contributed by atoms with Crippen LogP contribution in [0.4, 0.5) is 4.79 Å². The Hall–Kier alpha value is -3.85. The number of carbonyl (C=O) groups is 1. The first-order valence-electron chi connectivity index (χ1n) is 9.71. The Bertz CT molecular complexity index is 1230. The molecule has 0 amide bonds. The Balaban J connectivity index is 1.46. The van der Waals surface area contributed by atoms with E-state index in [1.165, 1.54) is 6.07 Å². The van der Waals surface area contributed by atoms with Gasteiger partial charge in [-0.05, 0) is 37.6 Å². The Morgan fingerprint density at radius 1 is 1.16 bits per heavy atom. The highest BCUT2D eigenvalue weighted by atomic mass is 35.5. The molecule has 2 heterocycles. The first-order valence-corrected chi connectivity index (χ1v) is 10.1. The summed E-state index contributed by atoms with van der Waals surface area (Å²) in [7, 11) is 0. The number of ether oxygens (including phenoxy) is 2. The molecule has 0 bridgehead atoms. The number of nitrogens with zero attached hydrogens (tertiary/aromatic N) is 4. The maximum atomic E-state index is 10.6. The molecule has 0 unspecified atom stereocenters. The Kier molecular flexibility index (Phi) is 6.09. The SMILES string of the molecule is CC(C)Oc1ccc(-c2nc(-c3ccc(Cn4ccc(OC(=O)O)n4)cc3)no2)cc1Cl. The van der Waals surface area contributed by atoms with Crippen molar-refractivity contribution in [3.05, 3.63) is 65.3 Å². The second-order valence-electron chi connectivity index (χ2n) is 7.15. The fourth-order valence-corrected chi connectivity index (χ4v) is 3.19. The van der Waals surface area contributed by atoms with Crippen molar-refractivity contribution in [3.63, 3.8) is 0 Å². The molecule has 0 spiro atoms. The fourth-order valence-electron chi connectivity index (χ4n) is 2.96. The van der Waals surface area contributed by atoms with E-state index < -0.39 is 6.16 Å². The highest BCUT2D eigenvalue weighted by Crippen LogP contribution is 2.31. The van der Waals surface area contributed by atoms with Gasteiger partial charge >= 0.3 is 6.16 Å². The third kappa shape index (κ3) is 5.06. The maximum absolute atomic E-state index is 10.6. The van der Waals surface area contributed by atoms with E-state index in [0.717, 1.165) is 11.1 Å². The molecule has 2 aromatic carbocycles. The van der Waals surface area contributed by atoms with E-state index in [4.69, 9.17) is 26.0 Å². The van der Waals surface area contributed by atoms with Gasteiger partial charge in [0.2, 0.25) is 11.7 Å². The summed E-state index contributed by atoms with van der Waals surface area (Å²) in [5, 5.41) is 17.2. The first-order chi connectivity index (χ1) is 15.4.